The Labute approximate surface area is 109 Å². The fourth-order valence-corrected chi connectivity index (χ4v) is 2.74. The molecule has 0 bridgehead atoms. The summed E-state index contributed by atoms with van der Waals surface area (Å²) in [5, 5.41) is 0. The summed E-state index contributed by atoms with van der Waals surface area (Å²) in [7, 11) is 0. The minimum atomic E-state index is -0.783. The Hall–Kier alpha value is -2.03. The van der Waals surface area contributed by atoms with Gasteiger partial charge in [-0.3, -0.25) is 4.79 Å². The highest BCUT2D eigenvalue weighted by molar-refractivity contribution is 6.02. The third-order valence-electron chi connectivity index (χ3n) is 3.66. The molecule has 0 saturated carbocycles. The molecule has 2 aromatic rings. The van der Waals surface area contributed by atoms with Gasteiger partial charge in [0.25, 0.3) is 0 Å². The summed E-state index contributed by atoms with van der Waals surface area (Å²) in [6, 6.07) is 11.1. The highest BCUT2D eigenvalue weighted by atomic mass is 19.1. The predicted octanol–water partition coefficient (Wildman–Crippen LogP) is 3.88. The number of fused-ring (bicyclic) bond motifs is 1. The topological polar surface area (TPSA) is 17.1 Å². The summed E-state index contributed by atoms with van der Waals surface area (Å²) in [5.74, 6) is -2.45. The molecule has 0 aromatic heterocycles. The van der Waals surface area contributed by atoms with E-state index in [0.717, 1.165) is 29.7 Å². The number of carbonyl (C=O) groups is 1. The number of hydrogen-bond donors (Lipinski definition) is 0. The summed E-state index contributed by atoms with van der Waals surface area (Å²) in [5.41, 5.74) is 1.58. The lowest BCUT2D eigenvalue weighted by Gasteiger charge is -2.11. The molecule has 1 aliphatic carbocycles. The van der Waals surface area contributed by atoms with Gasteiger partial charge in [-0.15, -0.1) is 0 Å². The second-order valence-corrected chi connectivity index (χ2v) is 4.75. The molecule has 1 nitrogen and oxygen atoms in total. The molecule has 19 heavy (non-hydrogen) atoms. The van der Waals surface area contributed by atoms with Gasteiger partial charge in [0.15, 0.2) is 5.78 Å². The first-order valence-corrected chi connectivity index (χ1v) is 6.24. The van der Waals surface area contributed by atoms with Crippen molar-refractivity contribution in [1.29, 1.82) is 0 Å². The molecule has 0 aliphatic heterocycles. The first kappa shape index (κ1) is 12.0. The first-order chi connectivity index (χ1) is 9.18. The molecule has 0 amide bonds. The van der Waals surface area contributed by atoms with Crippen molar-refractivity contribution in [2.75, 3.05) is 0 Å². The van der Waals surface area contributed by atoms with Gasteiger partial charge in [0.05, 0.1) is 5.56 Å². The number of rotatable bonds is 2. The molecule has 0 fully saturated rings. The van der Waals surface area contributed by atoms with Gasteiger partial charge in [-0.25, -0.2) is 8.78 Å². The molecule has 0 saturated heterocycles. The zero-order chi connectivity index (χ0) is 13.4. The van der Waals surface area contributed by atoms with E-state index >= 15 is 0 Å². The third kappa shape index (κ3) is 1.95. The van der Waals surface area contributed by atoms with Gasteiger partial charge < -0.3 is 0 Å². The first-order valence-electron chi connectivity index (χ1n) is 6.24. The summed E-state index contributed by atoms with van der Waals surface area (Å²) in [6.07, 6.45) is 1.40. The molecule has 0 heterocycles. The summed E-state index contributed by atoms with van der Waals surface area (Å²) >= 11 is 0. The Morgan fingerprint density at radius 2 is 1.68 bits per heavy atom. The smallest absolute Gasteiger partial charge is 0.176 e. The molecule has 2 aromatic carbocycles. The van der Waals surface area contributed by atoms with E-state index in [2.05, 4.69) is 0 Å². The molecule has 0 spiro atoms. The van der Waals surface area contributed by atoms with E-state index in [4.69, 9.17) is 0 Å². The standard InChI is InChI=1S/C16H12F2O/c17-13-6-3-7-14(18)15(13)16(19)12-9-8-10-4-1-2-5-11(10)12/h1-7,12H,8-9H2. The molecule has 0 N–H and O–H groups in total. The summed E-state index contributed by atoms with van der Waals surface area (Å²) < 4.78 is 27.3. The van der Waals surface area contributed by atoms with Gasteiger partial charge in [-0.1, -0.05) is 30.3 Å². The fourth-order valence-electron chi connectivity index (χ4n) is 2.74. The number of halogens is 2. The van der Waals surface area contributed by atoms with Crippen LogP contribution in [0.5, 0.6) is 0 Å². The van der Waals surface area contributed by atoms with Crippen molar-refractivity contribution in [3.63, 3.8) is 0 Å². The van der Waals surface area contributed by atoms with Gasteiger partial charge in [-0.2, -0.15) is 0 Å². The number of aryl methyl sites for hydroxylation is 1. The monoisotopic (exact) mass is 258 g/mol. The molecule has 96 valence electrons. The van der Waals surface area contributed by atoms with Gasteiger partial charge in [-0.05, 0) is 36.1 Å². The van der Waals surface area contributed by atoms with E-state index in [0.29, 0.717) is 6.42 Å². The van der Waals surface area contributed by atoms with Crippen molar-refractivity contribution in [3.05, 3.63) is 70.8 Å². The van der Waals surface area contributed by atoms with Crippen molar-refractivity contribution in [1.82, 2.24) is 0 Å². The van der Waals surface area contributed by atoms with Crippen molar-refractivity contribution < 1.29 is 13.6 Å². The van der Waals surface area contributed by atoms with Crippen LogP contribution in [0.3, 0.4) is 0 Å². The van der Waals surface area contributed by atoms with Crippen molar-refractivity contribution in [2.45, 2.75) is 18.8 Å². The van der Waals surface area contributed by atoms with Crippen LogP contribution < -0.4 is 0 Å². The van der Waals surface area contributed by atoms with E-state index in [1.54, 1.807) is 0 Å². The number of hydrogen-bond acceptors (Lipinski definition) is 1. The average Bonchev–Trinajstić information content (AvgIpc) is 2.82. The number of benzene rings is 2. The highest BCUT2D eigenvalue weighted by Crippen LogP contribution is 2.36. The SMILES string of the molecule is O=C(c1c(F)cccc1F)C1CCc2ccccc21. The van der Waals surface area contributed by atoms with Crippen molar-refractivity contribution >= 4 is 5.78 Å². The lowest BCUT2D eigenvalue weighted by Crippen LogP contribution is -2.14. The fraction of sp³-hybridized carbons (Fsp3) is 0.188. The van der Waals surface area contributed by atoms with Gasteiger partial charge >= 0.3 is 0 Å². The average molecular weight is 258 g/mol. The van der Waals surface area contributed by atoms with E-state index in [1.165, 1.54) is 6.07 Å². The highest BCUT2D eigenvalue weighted by Gasteiger charge is 2.31. The number of carbonyl (C=O) groups excluding carboxylic acids is 1. The zero-order valence-electron chi connectivity index (χ0n) is 10.2. The summed E-state index contributed by atoms with van der Waals surface area (Å²) in [4.78, 5) is 12.4. The van der Waals surface area contributed by atoms with Crippen LogP contribution in [0.2, 0.25) is 0 Å². The molecule has 0 radical (unpaired) electrons. The molecule has 3 heteroatoms. The van der Waals surface area contributed by atoms with E-state index in [-0.39, 0.29) is 0 Å². The Morgan fingerprint density at radius 1 is 1.00 bits per heavy atom. The molecular weight excluding hydrogens is 246 g/mol. The maximum atomic E-state index is 13.7. The summed E-state index contributed by atoms with van der Waals surface area (Å²) in [6.45, 7) is 0. The minimum absolute atomic E-state index is 0.413. The second kappa shape index (κ2) is 4.57. The Kier molecular flexibility index (Phi) is 2.90. The van der Waals surface area contributed by atoms with Gasteiger partial charge in [0, 0.05) is 5.92 Å². The van der Waals surface area contributed by atoms with Crippen LogP contribution in [0, 0.1) is 11.6 Å². The third-order valence-corrected chi connectivity index (χ3v) is 3.66. The Morgan fingerprint density at radius 3 is 2.42 bits per heavy atom. The van der Waals surface area contributed by atoms with Crippen molar-refractivity contribution in [3.8, 4) is 0 Å². The molecule has 1 aliphatic rings. The lowest BCUT2D eigenvalue weighted by molar-refractivity contribution is 0.0951. The van der Waals surface area contributed by atoms with Crippen LogP contribution in [0.1, 0.15) is 33.8 Å². The van der Waals surface area contributed by atoms with Crippen LogP contribution in [-0.4, -0.2) is 5.78 Å². The van der Waals surface area contributed by atoms with Crippen LogP contribution in [0.15, 0.2) is 42.5 Å². The molecule has 1 unspecified atom stereocenters. The van der Waals surface area contributed by atoms with E-state index in [9.17, 15) is 13.6 Å². The Balaban J connectivity index is 2.03. The second-order valence-electron chi connectivity index (χ2n) is 4.75. The number of Topliss-reactive ketones (excluding diaryl/α,β-unsaturated/α-hetero) is 1. The molecule has 3 rings (SSSR count). The van der Waals surface area contributed by atoms with E-state index in [1.807, 2.05) is 24.3 Å². The quantitative estimate of drug-likeness (QED) is 0.747. The van der Waals surface area contributed by atoms with Crippen LogP contribution in [0.25, 0.3) is 0 Å². The van der Waals surface area contributed by atoms with Crippen molar-refractivity contribution in [2.24, 2.45) is 0 Å². The van der Waals surface area contributed by atoms with E-state index < -0.39 is 28.9 Å². The maximum absolute atomic E-state index is 13.7. The normalized spacial score (nSPS) is 17.3. The lowest BCUT2D eigenvalue weighted by atomic mass is 9.91. The van der Waals surface area contributed by atoms with Crippen LogP contribution in [0.4, 0.5) is 8.78 Å². The van der Waals surface area contributed by atoms with Crippen LogP contribution in [-0.2, 0) is 6.42 Å². The maximum Gasteiger partial charge on any atom is 0.176 e. The zero-order valence-corrected chi connectivity index (χ0v) is 10.2. The molecular formula is C16H12F2O. The number of ketones is 1. The van der Waals surface area contributed by atoms with Gasteiger partial charge in [0.1, 0.15) is 11.6 Å². The minimum Gasteiger partial charge on any atom is -0.293 e. The van der Waals surface area contributed by atoms with Crippen LogP contribution >= 0.6 is 0 Å². The largest absolute Gasteiger partial charge is 0.293 e. The Bertz CT molecular complexity index is 629. The predicted molar refractivity (Wildman–Crippen MR) is 68.2 cm³/mol. The van der Waals surface area contributed by atoms with Gasteiger partial charge in [0.2, 0.25) is 0 Å². The molecule has 1 atom stereocenters.